The summed E-state index contributed by atoms with van der Waals surface area (Å²) < 4.78 is 78.6. The van der Waals surface area contributed by atoms with Gasteiger partial charge in [-0.1, -0.05) is 45.0 Å². The number of anilines is 2. The maximum atomic E-state index is 15.5. The zero-order chi connectivity index (χ0) is 52.9. The zero-order valence-corrected chi connectivity index (χ0v) is 41.9. The lowest BCUT2D eigenvalue weighted by Crippen LogP contribution is -2.58. The van der Waals surface area contributed by atoms with Crippen molar-refractivity contribution in [3.63, 3.8) is 0 Å². The van der Waals surface area contributed by atoms with Gasteiger partial charge in [0.1, 0.15) is 42.0 Å². The molecule has 2 saturated heterocycles. The molecule has 3 atom stereocenters. The Bertz CT molecular complexity index is 2760. The molecule has 0 unspecified atom stereocenters. The maximum absolute atomic E-state index is 15.5. The minimum absolute atomic E-state index is 0.00728. The van der Waals surface area contributed by atoms with Crippen LogP contribution in [0, 0.1) is 29.5 Å². The second kappa shape index (κ2) is 22.4. The van der Waals surface area contributed by atoms with E-state index in [0.29, 0.717) is 4.90 Å². The van der Waals surface area contributed by atoms with Crippen LogP contribution in [0.3, 0.4) is 0 Å². The van der Waals surface area contributed by atoms with Gasteiger partial charge in [-0.05, 0) is 67.7 Å². The number of carbonyl (C=O) groups excluding carboxylic acids is 5. The van der Waals surface area contributed by atoms with E-state index in [1.807, 2.05) is 31.2 Å². The number of carbonyl (C=O) groups is 5. The number of esters is 1. The van der Waals surface area contributed by atoms with E-state index >= 15 is 4.39 Å². The summed E-state index contributed by atoms with van der Waals surface area (Å²) in [4.78, 5) is 79.7. The van der Waals surface area contributed by atoms with Crippen LogP contribution in [0.1, 0.15) is 73.8 Å². The van der Waals surface area contributed by atoms with Gasteiger partial charge in [0.15, 0.2) is 10.9 Å². The smallest absolute Gasteiger partial charge is 0.420 e. The van der Waals surface area contributed by atoms with Crippen LogP contribution in [0.15, 0.2) is 54.2 Å². The van der Waals surface area contributed by atoms with Crippen LogP contribution in [-0.4, -0.2) is 125 Å². The van der Waals surface area contributed by atoms with Gasteiger partial charge < -0.3 is 44.5 Å². The Morgan fingerprint density at radius 2 is 1.72 bits per heavy atom. The summed E-state index contributed by atoms with van der Waals surface area (Å²) in [6.45, 7) is 9.34. The lowest BCUT2D eigenvalue weighted by Gasteiger charge is -2.35. The molecule has 3 N–H and O–H groups in total. The van der Waals surface area contributed by atoms with E-state index in [2.05, 4.69) is 20.6 Å². The largest absolute Gasteiger partial charge is 0.475 e. The van der Waals surface area contributed by atoms with Crippen LogP contribution in [0.5, 0.6) is 5.88 Å². The van der Waals surface area contributed by atoms with Crippen LogP contribution < -0.4 is 25.2 Å². The number of thiocarbonyl (C=S) groups is 1. The highest BCUT2D eigenvalue weighted by atomic mass is 32.1. The van der Waals surface area contributed by atoms with E-state index in [9.17, 15) is 47.5 Å². The molecule has 6 rings (SSSR count). The van der Waals surface area contributed by atoms with Gasteiger partial charge in [-0.2, -0.15) is 18.4 Å². The van der Waals surface area contributed by atoms with Gasteiger partial charge >= 0.3 is 12.1 Å². The van der Waals surface area contributed by atoms with Gasteiger partial charge in [-0.25, -0.2) is 19.2 Å². The lowest BCUT2D eigenvalue weighted by molar-refractivity contribution is -0.144. The summed E-state index contributed by atoms with van der Waals surface area (Å²) in [5.41, 5.74) is -1.80. The molecular formula is C48H52F4N8O10S2. The number of benzene rings is 2. The number of aliphatic hydroxyl groups is 1. The lowest BCUT2D eigenvalue weighted by atomic mass is 9.85. The van der Waals surface area contributed by atoms with Crippen LogP contribution in [0.2, 0.25) is 0 Å². The Morgan fingerprint density at radius 1 is 1.04 bits per heavy atom. The Hall–Kier alpha value is -6.65. The van der Waals surface area contributed by atoms with Crippen LogP contribution in [-0.2, 0) is 46.1 Å². The monoisotopic (exact) mass is 1040 g/mol. The number of aliphatic hydroxyl groups excluding tert-OH is 1. The van der Waals surface area contributed by atoms with Crippen molar-refractivity contribution in [1.82, 2.24) is 25.5 Å². The molecule has 72 heavy (non-hydrogen) atoms. The minimum Gasteiger partial charge on any atom is -0.475 e. The first-order valence-corrected chi connectivity index (χ1v) is 23.6. The molecule has 2 aliphatic heterocycles. The van der Waals surface area contributed by atoms with Crippen molar-refractivity contribution in [1.29, 1.82) is 5.26 Å². The number of amides is 4. The Kier molecular flexibility index (Phi) is 17.0. The molecule has 18 nitrogen and oxygen atoms in total. The molecule has 4 amide bonds. The van der Waals surface area contributed by atoms with E-state index in [1.54, 1.807) is 26.3 Å². The second-order valence-corrected chi connectivity index (χ2v) is 19.5. The summed E-state index contributed by atoms with van der Waals surface area (Å²) in [7, 11) is 1.09. The van der Waals surface area contributed by atoms with Crippen LogP contribution >= 0.6 is 23.6 Å². The molecule has 0 saturated carbocycles. The fourth-order valence-corrected chi connectivity index (χ4v) is 9.38. The number of alkyl halides is 3. The summed E-state index contributed by atoms with van der Waals surface area (Å²) >= 11 is 7.03. The molecule has 0 bridgehead atoms. The highest BCUT2D eigenvalue weighted by Gasteiger charge is 2.52. The molecule has 0 radical (unpaired) electrons. The van der Waals surface area contributed by atoms with Gasteiger partial charge in [-0.3, -0.25) is 24.1 Å². The van der Waals surface area contributed by atoms with Crippen LogP contribution in [0.4, 0.5) is 28.9 Å². The molecule has 4 heterocycles. The van der Waals surface area contributed by atoms with Gasteiger partial charge in [0.2, 0.25) is 23.6 Å². The van der Waals surface area contributed by atoms with E-state index in [1.165, 1.54) is 53.3 Å². The van der Waals surface area contributed by atoms with E-state index in [4.69, 9.17) is 31.2 Å². The predicted octanol–water partition coefficient (Wildman–Crippen LogP) is 5.47. The van der Waals surface area contributed by atoms with Crippen molar-refractivity contribution in [2.45, 2.75) is 84.4 Å². The average molecular weight is 1040 g/mol. The van der Waals surface area contributed by atoms with Crippen molar-refractivity contribution >= 4 is 69.6 Å². The predicted molar refractivity (Wildman–Crippen MR) is 257 cm³/mol. The summed E-state index contributed by atoms with van der Waals surface area (Å²) in [5.74, 6) is -5.51. The Labute approximate surface area is 421 Å². The van der Waals surface area contributed by atoms with Crippen LogP contribution in [0.25, 0.3) is 10.4 Å². The number of nitriles is 1. The number of nitrogens with zero attached hydrogens (tertiary/aromatic N) is 6. The number of methoxy groups -OCH3 is 1. The Morgan fingerprint density at radius 3 is 2.35 bits per heavy atom. The molecule has 0 aliphatic carbocycles. The quantitative estimate of drug-likeness (QED) is 0.0487. The third kappa shape index (κ3) is 12.0. The first-order chi connectivity index (χ1) is 33.9. The molecular weight excluding hydrogens is 989 g/mol. The second-order valence-electron chi connectivity index (χ2n) is 18.2. The summed E-state index contributed by atoms with van der Waals surface area (Å²) in [6, 6.07) is 9.76. The van der Waals surface area contributed by atoms with Crippen molar-refractivity contribution in [3.8, 4) is 22.4 Å². The molecule has 4 aromatic rings. The third-order valence-electron chi connectivity index (χ3n) is 11.7. The average Bonchev–Trinajstić information content (AvgIpc) is 3.99. The number of hydrogen-bond acceptors (Lipinski definition) is 15. The van der Waals surface area contributed by atoms with Gasteiger partial charge in [0.25, 0.3) is 5.91 Å². The van der Waals surface area contributed by atoms with Crippen molar-refractivity contribution in [3.05, 3.63) is 87.9 Å². The topological polar surface area (TPSA) is 226 Å². The zero-order valence-electron chi connectivity index (χ0n) is 40.2. The highest BCUT2D eigenvalue weighted by Crippen LogP contribution is 2.42. The van der Waals surface area contributed by atoms with E-state index in [-0.39, 0.29) is 63.1 Å². The molecule has 24 heteroatoms. The number of pyridine rings is 1. The molecule has 2 aromatic heterocycles. The third-order valence-corrected chi connectivity index (χ3v) is 13.1. The van der Waals surface area contributed by atoms with Gasteiger partial charge in [0.05, 0.1) is 78.3 Å². The Balaban J connectivity index is 0.983. The molecule has 2 aromatic carbocycles. The maximum Gasteiger partial charge on any atom is 0.420 e. The fraction of sp³-hybridized carbons (Fsp3) is 0.438. The number of likely N-dealkylation sites (tertiary alicyclic amines) is 1. The number of β-amino-alcohol motifs (C(OH)–C–C–N with tert-alkyl or cyclic N) is 1. The SMILES string of the molecule is COC(=O)c1cc(N2C(=S)N(c3ccc(C#N)c(C(F)(F)F)c3F)C(=O)C2(C)C)cnc1OCCOCCOCC(=O)N[C@H](C(=O)N1C[C@H](O)C[C@H]1C(=O)NCc1ccc(-c2scnc2C)cc1)C(C)(C)C. The molecule has 0 spiro atoms. The first kappa shape index (κ1) is 54.7. The number of hydrogen-bond donors (Lipinski definition) is 3. The molecule has 384 valence electrons. The molecule has 2 fully saturated rings. The number of nitrogens with one attached hydrogen (secondary N) is 2. The van der Waals surface area contributed by atoms with Gasteiger partial charge in [-0.15, -0.1) is 11.3 Å². The van der Waals surface area contributed by atoms with E-state index in [0.717, 1.165) is 40.9 Å². The summed E-state index contributed by atoms with van der Waals surface area (Å²) in [6.07, 6.45) is -5.01. The van der Waals surface area contributed by atoms with Crippen molar-refractivity contribution in [2.24, 2.45) is 5.41 Å². The highest BCUT2D eigenvalue weighted by molar-refractivity contribution is 7.81. The minimum atomic E-state index is -5.27. The molecule has 2 aliphatic rings. The van der Waals surface area contributed by atoms with Crippen molar-refractivity contribution in [2.75, 3.05) is 56.5 Å². The number of aryl methyl sites for hydroxylation is 1. The standard InChI is InChI=1S/C48H52F4N8O10S2/c1-26-38(72-25-56-26)28-10-8-27(9-11-28)21-54-40(63)34-19-31(61)23-58(34)42(64)39(46(2,3)4)57-35(62)24-69-15-14-68-16-17-70-41-32(43(65)67-7)18-30(22-55-41)60-45(71)59(44(66)47(60,5)6)33-13-12-29(20-53)36(37(33)49)48(50,51)52/h8-13,18,22,25,31,34,39,61H,14-17,19,21,23-24H2,1-7H3,(H,54,63)(H,57,62)/t31-,34+,39-/m1/s1. The first-order valence-electron chi connectivity index (χ1n) is 22.3. The number of aromatic nitrogens is 2. The normalized spacial score (nSPS) is 17.2. The van der Waals surface area contributed by atoms with Gasteiger partial charge in [0, 0.05) is 19.5 Å². The number of thiazole rings is 1. The number of rotatable bonds is 18. The number of ether oxygens (including phenoxy) is 4. The fourth-order valence-electron chi connectivity index (χ4n) is 8.05. The van der Waals surface area contributed by atoms with Crippen molar-refractivity contribution < 1.29 is 65.6 Å². The summed E-state index contributed by atoms with van der Waals surface area (Å²) in [5, 5.41) is 24.9. The number of halogens is 4. The van der Waals surface area contributed by atoms with E-state index < -0.39 is 99.3 Å².